The van der Waals surface area contributed by atoms with Crippen LogP contribution in [0, 0.1) is 5.82 Å². The summed E-state index contributed by atoms with van der Waals surface area (Å²) in [6.45, 7) is 7.67. The maximum atomic E-state index is 13.1. The fourth-order valence-corrected chi connectivity index (χ4v) is 2.81. The van der Waals surface area contributed by atoms with Gasteiger partial charge < -0.3 is 15.1 Å². The van der Waals surface area contributed by atoms with Crippen LogP contribution >= 0.6 is 15.9 Å². The molecule has 1 fully saturated rings. The first-order chi connectivity index (χ1) is 9.65. The van der Waals surface area contributed by atoms with E-state index in [0.29, 0.717) is 4.47 Å². The van der Waals surface area contributed by atoms with Gasteiger partial charge in [-0.15, -0.1) is 0 Å². The minimum atomic E-state index is -0.205. The van der Waals surface area contributed by atoms with E-state index in [-0.39, 0.29) is 5.82 Å². The molecule has 5 heteroatoms. The Kier molecular flexibility index (Phi) is 6.42. The van der Waals surface area contributed by atoms with E-state index in [9.17, 15) is 4.39 Å². The SMILES string of the molecule is CN1CCN(CCCNCc2ccc(F)c(Br)c2)CC1. The van der Waals surface area contributed by atoms with E-state index in [2.05, 4.69) is 38.1 Å². The Morgan fingerprint density at radius 2 is 2.00 bits per heavy atom. The zero-order valence-electron chi connectivity index (χ0n) is 12.0. The number of hydrogen-bond acceptors (Lipinski definition) is 3. The molecule has 1 aliphatic heterocycles. The molecule has 1 N–H and O–H groups in total. The first-order valence-electron chi connectivity index (χ1n) is 7.21. The van der Waals surface area contributed by atoms with E-state index in [1.165, 1.54) is 32.2 Å². The van der Waals surface area contributed by atoms with Crippen LogP contribution in [0.1, 0.15) is 12.0 Å². The molecule has 1 saturated heterocycles. The van der Waals surface area contributed by atoms with Gasteiger partial charge in [0.1, 0.15) is 5.82 Å². The molecule has 2 rings (SSSR count). The quantitative estimate of drug-likeness (QED) is 0.799. The zero-order valence-corrected chi connectivity index (χ0v) is 13.6. The molecule has 0 atom stereocenters. The maximum absolute atomic E-state index is 13.1. The second-order valence-corrected chi connectivity index (χ2v) is 6.28. The van der Waals surface area contributed by atoms with E-state index in [4.69, 9.17) is 0 Å². The monoisotopic (exact) mass is 343 g/mol. The summed E-state index contributed by atoms with van der Waals surface area (Å²) in [4.78, 5) is 4.90. The fourth-order valence-electron chi connectivity index (χ4n) is 2.38. The van der Waals surface area contributed by atoms with Crippen LogP contribution in [0.5, 0.6) is 0 Å². The highest BCUT2D eigenvalue weighted by molar-refractivity contribution is 9.10. The summed E-state index contributed by atoms with van der Waals surface area (Å²) in [6.07, 6.45) is 1.16. The number of halogens is 2. The van der Waals surface area contributed by atoms with Gasteiger partial charge in [-0.05, 0) is 60.2 Å². The van der Waals surface area contributed by atoms with E-state index in [1.54, 1.807) is 0 Å². The van der Waals surface area contributed by atoms with Gasteiger partial charge in [0, 0.05) is 32.7 Å². The Balaban J connectivity index is 1.58. The molecule has 0 bridgehead atoms. The first-order valence-corrected chi connectivity index (χ1v) is 8.00. The summed E-state index contributed by atoms with van der Waals surface area (Å²) in [5.41, 5.74) is 1.11. The minimum Gasteiger partial charge on any atom is -0.313 e. The molecule has 1 aliphatic rings. The topological polar surface area (TPSA) is 18.5 Å². The predicted molar refractivity (Wildman–Crippen MR) is 84.4 cm³/mol. The Bertz CT molecular complexity index is 420. The standard InChI is InChI=1S/C15H23BrFN3/c1-19-7-9-20(10-8-19)6-2-5-18-12-13-3-4-15(17)14(16)11-13/h3-4,11,18H,2,5-10,12H2,1H3. The number of piperazine rings is 1. The van der Waals surface area contributed by atoms with Gasteiger partial charge in [0.15, 0.2) is 0 Å². The van der Waals surface area contributed by atoms with Crippen LogP contribution in [-0.4, -0.2) is 56.1 Å². The van der Waals surface area contributed by atoms with Crippen molar-refractivity contribution < 1.29 is 4.39 Å². The van der Waals surface area contributed by atoms with Crippen molar-refractivity contribution in [3.05, 3.63) is 34.1 Å². The largest absolute Gasteiger partial charge is 0.313 e. The maximum Gasteiger partial charge on any atom is 0.137 e. The molecule has 0 amide bonds. The highest BCUT2D eigenvalue weighted by Gasteiger charge is 2.12. The van der Waals surface area contributed by atoms with Crippen LogP contribution < -0.4 is 5.32 Å². The lowest BCUT2D eigenvalue weighted by molar-refractivity contribution is 0.153. The lowest BCUT2D eigenvalue weighted by Gasteiger charge is -2.32. The minimum absolute atomic E-state index is 0.205. The molecule has 1 aromatic carbocycles. The molecule has 0 saturated carbocycles. The van der Waals surface area contributed by atoms with Gasteiger partial charge in [-0.25, -0.2) is 4.39 Å². The molecule has 1 heterocycles. The highest BCUT2D eigenvalue weighted by atomic mass is 79.9. The van der Waals surface area contributed by atoms with Crippen molar-refractivity contribution in [2.24, 2.45) is 0 Å². The molecule has 0 aromatic heterocycles. The third-order valence-corrected chi connectivity index (χ3v) is 4.34. The third-order valence-electron chi connectivity index (χ3n) is 3.74. The molecule has 3 nitrogen and oxygen atoms in total. The van der Waals surface area contributed by atoms with Crippen LogP contribution in [0.2, 0.25) is 0 Å². The van der Waals surface area contributed by atoms with Crippen LogP contribution in [0.3, 0.4) is 0 Å². The van der Waals surface area contributed by atoms with Gasteiger partial charge in [0.25, 0.3) is 0 Å². The summed E-state index contributed by atoms with van der Waals surface area (Å²) >= 11 is 3.21. The molecular weight excluding hydrogens is 321 g/mol. The Morgan fingerprint density at radius 1 is 1.25 bits per heavy atom. The molecule has 20 heavy (non-hydrogen) atoms. The van der Waals surface area contributed by atoms with Crippen LogP contribution in [0.25, 0.3) is 0 Å². The van der Waals surface area contributed by atoms with Crippen molar-refractivity contribution in [1.82, 2.24) is 15.1 Å². The van der Waals surface area contributed by atoms with Gasteiger partial charge in [0.05, 0.1) is 4.47 Å². The molecule has 1 aromatic rings. The second-order valence-electron chi connectivity index (χ2n) is 5.42. The third kappa shape index (κ3) is 5.13. The smallest absolute Gasteiger partial charge is 0.137 e. The molecule has 0 aliphatic carbocycles. The van der Waals surface area contributed by atoms with Crippen molar-refractivity contribution in [2.75, 3.05) is 46.3 Å². The summed E-state index contributed by atoms with van der Waals surface area (Å²) in [6, 6.07) is 5.17. The van der Waals surface area contributed by atoms with Crippen LogP contribution in [0.4, 0.5) is 4.39 Å². The van der Waals surface area contributed by atoms with Gasteiger partial charge in [-0.3, -0.25) is 0 Å². The van der Waals surface area contributed by atoms with Crippen LogP contribution in [0.15, 0.2) is 22.7 Å². The number of rotatable bonds is 6. The number of nitrogens with zero attached hydrogens (tertiary/aromatic N) is 2. The van der Waals surface area contributed by atoms with Gasteiger partial charge >= 0.3 is 0 Å². The molecular formula is C15H23BrFN3. The van der Waals surface area contributed by atoms with E-state index in [0.717, 1.165) is 31.6 Å². The average Bonchev–Trinajstić information content (AvgIpc) is 2.44. The molecule has 0 unspecified atom stereocenters. The van der Waals surface area contributed by atoms with Crippen molar-refractivity contribution in [2.45, 2.75) is 13.0 Å². The van der Waals surface area contributed by atoms with Gasteiger partial charge in [0.2, 0.25) is 0 Å². The highest BCUT2D eigenvalue weighted by Crippen LogP contribution is 2.16. The number of benzene rings is 1. The summed E-state index contributed by atoms with van der Waals surface area (Å²) in [7, 11) is 2.18. The lowest BCUT2D eigenvalue weighted by Crippen LogP contribution is -2.45. The Labute approximate surface area is 129 Å². The number of nitrogens with one attached hydrogen (secondary N) is 1. The van der Waals surface area contributed by atoms with E-state index >= 15 is 0 Å². The van der Waals surface area contributed by atoms with Crippen molar-refractivity contribution in [3.8, 4) is 0 Å². The summed E-state index contributed by atoms with van der Waals surface area (Å²) < 4.78 is 13.6. The van der Waals surface area contributed by atoms with Gasteiger partial charge in [-0.2, -0.15) is 0 Å². The van der Waals surface area contributed by atoms with E-state index < -0.39 is 0 Å². The first kappa shape index (κ1) is 15.9. The lowest BCUT2D eigenvalue weighted by atomic mass is 10.2. The summed E-state index contributed by atoms with van der Waals surface area (Å²) in [5.74, 6) is -0.205. The average molecular weight is 344 g/mol. The van der Waals surface area contributed by atoms with Gasteiger partial charge in [-0.1, -0.05) is 6.07 Å². The second kappa shape index (κ2) is 8.08. The van der Waals surface area contributed by atoms with Crippen molar-refractivity contribution in [3.63, 3.8) is 0 Å². The predicted octanol–water partition coefficient (Wildman–Crippen LogP) is 2.32. The summed E-state index contributed by atoms with van der Waals surface area (Å²) in [5, 5.41) is 3.42. The van der Waals surface area contributed by atoms with E-state index in [1.807, 2.05) is 12.1 Å². The normalized spacial score (nSPS) is 17.6. The molecule has 0 radical (unpaired) electrons. The number of hydrogen-bond donors (Lipinski definition) is 1. The molecule has 112 valence electrons. The van der Waals surface area contributed by atoms with Crippen molar-refractivity contribution >= 4 is 15.9 Å². The fraction of sp³-hybridized carbons (Fsp3) is 0.600. The number of likely N-dealkylation sites (N-methyl/N-ethyl adjacent to an activating group) is 1. The Hall–Kier alpha value is -0.490. The zero-order chi connectivity index (χ0) is 14.4. The van der Waals surface area contributed by atoms with Crippen molar-refractivity contribution in [1.29, 1.82) is 0 Å². The Morgan fingerprint density at radius 3 is 2.70 bits per heavy atom. The molecule has 0 spiro atoms. The van der Waals surface area contributed by atoms with Crippen LogP contribution in [-0.2, 0) is 6.54 Å².